The Morgan fingerprint density at radius 1 is 0.598 bits per heavy atom. The third kappa shape index (κ3) is 17.8. The number of aliphatic hydroxyl groups excluding tert-OH is 1. The Balaban J connectivity index is 0.000000287. The van der Waals surface area contributed by atoms with Gasteiger partial charge in [0.2, 0.25) is 23.6 Å². The fourth-order valence-electron chi connectivity index (χ4n) is 15.7. The molecule has 0 bridgehead atoms. The number of carbonyl (C=O) groups excluding carboxylic acids is 9. The Labute approximate surface area is 523 Å². The second kappa shape index (κ2) is 30.8. The van der Waals surface area contributed by atoms with Crippen LogP contribution in [-0.2, 0) is 47.9 Å². The van der Waals surface area contributed by atoms with E-state index in [1.165, 1.54) is 37.7 Å². The van der Waals surface area contributed by atoms with Gasteiger partial charge >= 0.3 is 5.97 Å². The van der Waals surface area contributed by atoms with Gasteiger partial charge < -0.3 is 29.9 Å². The summed E-state index contributed by atoms with van der Waals surface area (Å²) >= 11 is 0. The number of nitrogens with zero attached hydrogens (tertiary/aromatic N) is 3. The smallest absolute Gasteiger partial charge is 0.305 e. The number of amides is 4. The number of esters is 1. The van der Waals surface area contributed by atoms with Crippen molar-refractivity contribution in [1.29, 1.82) is 0 Å². The standard InChI is InChI=1S/C40H61N3O6.C32H53NO5/c1-26-37(48)43-25-29-33(40(29,4)5)35(43)31(45)24-28(20-14-11-9-8-10-12-17-23-39(26,2)3)36(47)30(44)21-22-32(46)41-34(38(49)42(6)7)27-18-15-13-16-19-27;1-21(25(34)16-17-27(36)38-7)23-15-13-11-9-8-10-12-14-18-31(3,4)22(2)30(37)33-20-24-28(32(24,5)6)29(33)26(35)19-23/h13,15-16,18-19,26,28-29,33-36,47H,8-12,14,17,20-25H2,1-7H3,(H,41,46);21-24,28-29H,8-20H2,1-7H3/t26-,28-,29?,33+,34+,35-,36?;21?,22-,23-,24?,28+,29-/m11/s1. The highest BCUT2D eigenvalue weighted by Crippen LogP contribution is 2.66. The zero-order valence-corrected chi connectivity index (χ0v) is 56.1. The number of carbonyl (C=O) groups is 9. The van der Waals surface area contributed by atoms with E-state index < -0.39 is 35.8 Å². The van der Waals surface area contributed by atoms with Crippen LogP contribution in [0.1, 0.15) is 242 Å². The van der Waals surface area contributed by atoms with Gasteiger partial charge in [-0.3, -0.25) is 43.2 Å². The summed E-state index contributed by atoms with van der Waals surface area (Å²) in [5.74, 6) is -1.71. The summed E-state index contributed by atoms with van der Waals surface area (Å²) in [5, 5.41) is 14.2. The number of piperidine rings is 2. The van der Waals surface area contributed by atoms with E-state index in [9.17, 15) is 48.3 Å². The average molecular weight is 1210 g/mol. The fourth-order valence-corrected chi connectivity index (χ4v) is 15.7. The number of rotatable bonds is 13. The van der Waals surface area contributed by atoms with Crippen molar-refractivity contribution in [3.05, 3.63) is 35.9 Å². The van der Waals surface area contributed by atoms with Crippen LogP contribution in [0, 0.1) is 74.9 Å². The maximum atomic E-state index is 14.2. The van der Waals surface area contributed by atoms with Crippen LogP contribution in [0.2, 0.25) is 0 Å². The molecular weight excluding hydrogens is 1100 g/mol. The molecule has 488 valence electrons. The predicted octanol–water partition coefficient (Wildman–Crippen LogP) is 12.3. The second-order valence-corrected chi connectivity index (χ2v) is 30.5. The van der Waals surface area contributed by atoms with Crippen LogP contribution in [0.15, 0.2) is 30.3 Å². The molecule has 6 fully saturated rings. The third-order valence-electron chi connectivity index (χ3n) is 23.0. The van der Waals surface area contributed by atoms with E-state index in [1.54, 1.807) is 38.4 Å². The molecule has 4 unspecified atom stereocenters. The number of hydrogen-bond acceptors (Lipinski definition) is 11. The quantitative estimate of drug-likeness (QED) is 0.178. The minimum atomic E-state index is -1.39. The molecule has 4 amide bonds. The largest absolute Gasteiger partial charge is 0.469 e. The molecular formula is C72H114N4O11. The van der Waals surface area contributed by atoms with Crippen molar-refractivity contribution in [2.45, 2.75) is 254 Å². The van der Waals surface area contributed by atoms with Crippen molar-refractivity contribution in [3.8, 4) is 0 Å². The number of Topliss-reactive ketones (excluding diaryl/α,β-unsaturated/α-hetero) is 4. The molecule has 15 nitrogen and oxygen atoms in total. The predicted molar refractivity (Wildman–Crippen MR) is 339 cm³/mol. The minimum Gasteiger partial charge on any atom is -0.469 e. The van der Waals surface area contributed by atoms with Crippen LogP contribution in [0.25, 0.3) is 0 Å². The van der Waals surface area contributed by atoms with Crippen LogP contribution in [-0.4, -0.2) is 125 Å². The highest BCUT2D eigenvalue weighted by Gasteiger charge is 2.70. The first-order chi connectivity index (χ1) is 40.9. The molecule has 2 saturated carbocycles. The molecule has 2 aliphatic carbocycles. The summed E-state index contributed by atoms with van der Waals surface area (Å²) in [6.07, 6.45) is 17.5. The number of nitrogens with one attached hydrogen (secondary N) is 1. The summed E-state index contributed by atoms with van der Waals surface area (Å²) < 4.78 is 4.72. The Kier molecular flexibility index (Phi) is 25.3. The number of benzene rings is 1. The molecule has 13 atom stereocenters. The van der Waals surface area contributed by atoms with E-state index in [0.717, 1.165) is 83.5 Å². The molecule has 4 aliphatic heterocycles. The fraction of sp³-hybridized carbons (Fsp3) is 0.792. The maximum absolute atomic E-state index is 14.2. The first kappa shape index (κ1) is 71.3. The van der Waals surface area contributed by atoms with Crippen molar-refractivity contribution >= 4 is 52.7 Å². The molecule has 1 aromatic carbocycles. The van der Waals surface area contributed by atoms with Crippen LogP contribution in [0.5, 0.6) is 0 Å². The van der Waals surface area contributed by atoms with Crippen LogP contribution in [0.4, 0.5) is 0 Å². The molecule has 0 aromatic heterocycles. The Morgan fingerprint density at radius 3 is 1.46 bits per heavy atom. The van der Waals surface area contributed by atoms with Gasteiger partial charge in [-0.25, -0.2) is 0 Å². The van der Waals surface area contributed by atoms with E-state index in [4.69, 9.17) is 4.74 Å². The first-order valence-corrected chi connectivity index (χ1v) is 33.9. The third-order valence-corrected chi connectivity index (χ3v) is 23.0. The maximum Gasteiger partial charge on any atom is 0.305 e. The zero-order valence-electron chi connectivity index (χ0n) is 56.1. The normalized spacial score (nSPS) is 30.6. The molecule has 4 heterocycles. The van der Waals surface area contributed by atoms with Gasteiger partial charge in [-0.05, 0) is 88.4 Å². The number of aliphatic hydroxyl groups is 1. The van der Waals surface area contributed by atoms with Crippen molar-refractivity contribution in [2.24, 2.45) is 74.9 Å². The summed E-state index contributed by atoms with van der Waals surface area (Å²) in [6, 6.07) is 7.14. The van der Waals surface area contributed by atoms with E-state index in [-0.39, 0.29) is 142 Å². The zero-order chi connectivity index (χ0) is 64.3. The topological polar surface area (TPSA) is 205 Å². The molecule has 15 heteroatoms. The molecule has 0 spiro atoms. The summed E-state index contributed by atoms with van der Waals surface area (Å²) in [4.78, 5) is 125. The van der Waals surface area contributed by atoms with E-state index in [2.05, 4.69) is 67.6 Å². The highest BCUT2D eigenvalue weighted by atomic mass is 16.5. The average Bonchev–Trinajstić information content (AvgIpc) is 1.54. The summed E-state index contributed by atoms with van der Waals surface area (Å²) in [6.45, 7) is 24.8. The van der Waals surface area contributed by atoms with Gasteiger partial charge in [0.25, 0.3) is 0 Å². The number of fused-ring (bicyclic) bond motifs is 6. The lowest BCUT2D eigenvalue weighted by Gasteiger charge is -2.38. The number of likely N-dealkylation sites (N-methyl/N-ethyl adjacent to an activating group) is 1. The van der Waals surface area contributed by atoms with Crippen LogP contribution >= 0.6 is 0 Å². The van der Waals surface area contributed by atoms with Gasteiger partial charge in [-0.2, -0.15) is 0 Å². The molecule has 1 aromatic rings. The van der Waals surface area contributed by atoms with Gasteiger partial charge in [0.1, 0.15) is 17.9 Å². The van der Waals surface area contributed by atoms with Gasteiger partial charge in [0, 0.05) is 77.0 Å². The molecule has 4 saturated heterocycles. The first-order valence-electron chi connectivity index (χ1n) is 33.9. The highest BCUT2D eigenvalue weighted by molar-refractivity contribution is 5.95. The van der Waals surface area contributed by atoms with Crippen molar-refractivity contribution in [2.75, 3.05) is 34.3 Å². The lowest BCUT2D eigenvalue weighted by atomic mass is 9.75. The van der Waals surface area contributed by atoms with Crippen LogP contribution in [0.3, 0.4) is 0 Å². The monoisotopic (exact) mass is 1210 g/mol. The number of hydrogen-bond donors (Lipinski definition) is 2. The van der Waals surface area contributed by atoms with Gasteiger partial charge in [0.15, 0.2) is 17.3 Å². The van der Waals surface area contributed by atoms with Crippen molar-refractivity contribution in [3.63, 3.8) is 0 Å². The summed E-state index contributed by atoms with van der Waals surface area (Å²) in [5.41, 5.74) is 0.395. The van der Waals surface area contributed by atoms with Crippen molar-refractivity contribution < 1.29 is 53.0 Å². The molecule has 7 rings (SSSR count). The second-order valence-electron chi connectivity index (χ2n) is 30.5. The van der Waals surface area contributed by atoms with Gasteiger partial charge in [-0.15, -0.1) is 0 Å². The Hall–Kier alpha value is -4.79. The van der Waals surface area contributed by atoms with E-state index in [1.807, 2.05) is 29.7 Å². The SMILES string of the molecule is COC(=O)CCC(=O)C(C)[C@@H]1CCCCCCCCCC(C)(C)[C@H](C)C(=O)N2CC3[C@@H]([C@H]2C(=O)C1)C3(C)C.C[C@@H]1C(=O)N2CC3[C@@H]([C@H]2C(=O)C[C@H](C(O)C(=O)CCC(=O)N[C@H](C(=O)N(C)C)c2ccccc2)CCCCCCCCCC1(C)C)C3(C)C. The van der Waals surface area contributed by atoms with Gasteiger partial charge in [0.05, 0.1) is 25.6 Å². The molecule has 2 N–H and O–H groups in total. The molecule has 6 aliphatic rings. The van der Waals surface area contributed by atoms with Crippen molar-refractivity contribution in [1.82, 2.24) is 20.0 Å². The van der Waals surface area contributed by atoms with Crippen LogP contribution < -0.4 is 5.32 Å². The van der Waals surface area contributed by atoms with E-state index >= 15 is 0 Å². The lowest BCUT2D eigenvalue weighted by Crippen LogP contribution is -2.50. The number of methoxy groups -OCH3 is 1. The minimum absolute atomic E-state index is 0.0258. The van der Waals surface area contributed by atoms with E-state index in [0.29, 0.717) is 37.4 Å². The number of ether oxygens (including phenoxy) is 1. The summed E-state index contributed by atoms with van der Waals surface area (Å²) in [7, 11) is 4.57. The number of ketones is 4. The molecule has 87 heavy (non-hydrogen) atoms. The lowest BCUT2D eigenvalue weighted by molar-refractivity contribution is -0.146. The van der Waals surface area contributed by atoms with Gasteiger partial charge in [-0.1, -0.05) is 196 Å². The Morgan fingerprint density at radius 2 is 1.01 bits per heavy atom. The Bertz CT molecular complexity index is 2560. The molecule has 0 radical (unpaired) electrons.